The average Bonchev–Trinajstić information content (AvgIpc) is 3.25. The van der Waals surface area contributed by atoms with Gasteiger partial charge in [0.05, 0.1) is 30.2 Å². The number of carbonyl (C=O) groups excluding carboxylic acids is 1. The van der Waals surface area contributed by atoms with Crippen molar-refractivity contribution in [1.29, 1.82) is 0 Å². The molecule has 1 unspecified atom stereocenters. The number of benzene rings is 2. The predicted octanol–water partition coefficient (Wildman–Crippen LogP) is 5.96. The third-order valence-corrected chi connectivity index (χ3v) is 5.74. The number of pyridine rings is 1. The lowest BCUT2D eigenvalue weighted by molar-refractivity contribution is -0.117. The van der Waals surface area contributed by atoms with Crippen molar-refractivity contribution in [3.8, 4) is 22.6 Å². The second kappa shape index (κ2) is 10.1. The van der Waals surface area contributed by atoms with E-state index < -0.39 is 23.7 Å². The van der Waals surface area contributed by atoms with Crippen LogP contribution in [0.25, 0.3) is 11.1 Å². The molecule has 1 atom stereocenters. The van der Waals surface area contributed by atoms with Gasteiger partial charge in [0.1, 0.15) is 28.8 Å². The Kier molecular flexibility index (Phi) is 7.07. The van der Waals surface area contributed by atoms with Gasteiger partial charge in [-0.15, -0.1) is 0 Å². The quantitative estimate of drug-likeness (QED) is 0.405. The summed E-state index contributed by atoms with van der Waals surface area (Å²) in [5, 5.41) is 14.2. The number of aryl methyl sites for hydroxylation is 1. The fraction of sp³-hybridized carbons (Fsp3) is 0.269. The van der Waals surface area contributed by atoms with Crippen LogP contribution in [0.4, 0.5) is 23.2 Å². The van der Waals surface area contributed by atoms with Crippen molar-refractivity contribution in [2.24, 2.45) is 5.10 Å². The van der Waals surface area contributed by atoms with E-state index in [1.165, 1.54) is 18.0 Å². The van der Waals surface area contributed by atoms with Gasteiger partial charge in [-0.2, -0.15) is 18.3 Å². The van der Waals surface area contributed by atoms with E-state index in [1.807, 2.05) is 0 Å². The van der Waals surface area contributed by atoms with E-state index in [0.717, 1.165) is 11.8 Å². The number of halogens is 4. The molecular weight excluding hydrogens is 478 g/mol. The van der Waals surface area contributed by atoms with E-state index in [1.54, 1.807) is 49.4 Å². The maximum Gasteiger partial charge on any atom is 0.431 e. The summed E-state index contributed by atoms with van der Waals surface area (Å²) in [7, 11) is 0. The molecule has 0 amide bonds. The summed E-state index contributed by atoms with van der Waals surface area (Å²) in [6.45, 7) is 2.82. The molecule has 1 aliphatic heterocycles. The van der Waals surface area contributed by atoms with Gasteiger partial charge in [0.2, 0.25) is 0 Å². The van der Waals surface area contributed by atoms with Crippen molar-refractivity contribution in [3.05, 3.63) is 71.8 Å². The highest BCUT2D eigenvalue weighted by Crippen LogP contribution is 2.35. The van der Waals surface area contributed by atoms with Gasteiger partial charge in [0.25, 0.3) is 0 Å². The van der Waals surface area contributed by atoms with E-state index in [4.69, 9.17) is 4.74 Å². The Morgan fingerprint density at radius 1 is 1.17 bits per heavy atom. The van der Waals surface area contributed by atoms with Gasteiger partial charge in [-0.1, -0.05) is 6.07 Å². The summed E-state index contributed by atoms with van der Waals surface area (Å²) in [5.74, 6) is 0.213. The Bertz CT molecular complexity index is 1310. The maximum atomic E-state index is 14.3. The Balaban J connectivity index is 1.53. The van der Waals surface area contributed by atoms with E-state index in [9.17, 15) is 27.5 Å². The van der Waals surface area contributed by atoms with Crippen LogP contribution in [0, 0.1) is 12.7 Å². The summed E-state index contributed by atoms with van der Waals surface area (Å²) in [6, 6.07) is 12.2. The number of anilines is 1. The molecule has 2 heterocycles. The molecule has 1 N–H and O–H groups in total. The lowest BCUT2D eigenvalue weighted by Gasteiger charge is -2.23. The largest absolute Gasteiger partial charge is 0.457 e. The number of ketones is 1. The first kappa shape index (κ1) is 25.3. The van der Waals surface area contributed by atoms with E-state index in [-0.39, 0.29) is 25.2 Å². The number of hydrazone groups is 1. The number of carbonyl (C=O) groups is 1. The van der Waals surface area contributed by atoms with Crippen molar-refractivity contribution < 1.29 is 32.2 Å². The zero-order chi connectivity index (χ0) is 26.0. The molecule has 0 spiro atoms. The minimum absolute atomic E-state index is 0.0508. The molecule has 0 fully saturated rings. The normalized spacial score (nSPS) is 15.7. The van der Waals surface area contributed by atoms with Crippen LogP contribution in [-0.2, 0) is 11.4 Å². The van der Waals surface area contributed by atoms with Crippen molar-refractivity contribution in [2.75, 3.05) is 5.01 Å². The predicted molar refractivity (Wildman–Crippen MR) is 126 cm³/mol. The summed E-state index contributed by atoms with van der Waals surface area (Å²) in [6.07, 6.45) is -3.91. The van der Waals surface area contributed by atoms with Crippen molar-refractivity contribution in [2.45, 2.75) is 45.5 Å². The van der Waals surface area contributed by atoms with Crippen LogP contribution in [0.1, 0.15) is 31.0 Å². The number of nitrogens with zero attached hydrogens (tertiary/aromatic N) is 3. The first-order valence-corrected chi connectivity index (χ1v) is 11.1. The number of hydrogen-bond donors (Lipinski definition) is 1. The van der Waals surface area contributed by atoms with Crippen LogP contribution >= 0.6 is 0 Å². The van der Waals surface area contributed by atoms with E-state index in [0.29, 0.717) is 34.0 Å². The van der Waals surface area contributed by atoms with Crippen LogP contribution in [-0.4, -0.2) is 33.8 Å². The van der Waals surface area contributed by atoms with Crippen LogP contribution in [0.15, 0.2) is 59.8 Å². The van der Waals surface area contributed by atoms with Gasteiger partial charge in [0.15, 0.2) is 0 Å². The topological polar surface area (TPSA) is 75.0 Å². The molecule has 0 aliphatic carbocycles. The number of rotatable bonds is 7. The molecule has 10 heteroatoms. The summed E-state index contributed by atoms with van der Waals surface area (Å²) in [4.78, 5) is 15.4. The third-order valence-electron chi connectivity index (χ3n) is 5.74. The molecule has 4 rings (SSSR count). The zero-order valence-electron chi connectivity index (χ0n) is 19.5. The van der Waals surface area contributed by atoms with Gasteiger partial charge in [-0.25, -0.2) is 4.39 Å². The maximum absolute atomic E-state index is 14.3. The highest BCUT2D eigenvalue weighted by atomic mass is 19.4. The molecular formula is C26H23F4N3O3. The average molecular weight is 501 g/mol. The SMILES string of the molecule is CC(=O)CC1CC(C(F)(F)F)=NN1c1ccc(Oc2ccc(-c3cc(CO)ncc3F)cc2C)cc1. The van der Waals surface area contributed by atoms with Gasteiger partial charge >= 0.3 is 6.18 Å². The number of aromatic nitrogens is 1. The lowest BCUT2D eigenvalue weighted by Crippen LogP contribution is -2.29. The zero-order valence-corrected chi connectivity index (χ0v) is 19.5. The van der Waals surface area contributed by atoms with Gasteiger partial charge < -0.3 is 9.84 Å². The van der Waals surface area contributed by atoms with Gasteiger partial charge in [-0.3, -0.25) is 14.8 Å². The second-order valence-electron chi connectivity index (χ2n) is 8.54. The molecule has 0 radical (unpaired) electrons. The van der Waals surface area contributed by atoms with Crippen molar-refractivity contribution in [3.63, 3.8) is 0 Å². The third kappa shape index (κ3) is 5.54. The monoisotopic (exact) mass is 501 g/mol. The minimum Gasteiger partial charge on any atom is -0.457 e. The van der Waals surface area contributed by atoms with Gasteiger partial charge in [0, 0.05) is 18.4 Å². The number of ether oxygens (including phenoxy) is 1. The van der Waals surface area contributed by atoms with Gasteiger partial charge in [-0.05, 0) is 67.4 Å². The lowest BCUT2D eigenvalue weighted by atomic mass is 10.0. The molecule has 6 nitrogen and oxygen atoms in total. The molecule has 1 aromatic heterocycles. The van der Waals surface area contributed by atoms with Crippen molar-refractivity contribution in [1.82, 2.24) is 4.98 Å². The highest BCUT2D eigenvalue weighted by Gasteiger charge is 2.43. The Hall–Kier alpha value is -3.79. The Morgan fingerprint density at radius 3 is 2.50 bits per heavy atom. The Morgan fingerprint density at radius 2 is 1.89 bits per heavy atom. The van der Waals surface area contributed by atoms with Crippen LogP contribution in [0.5, 0.6) is 11.5 Å². The molecule has 0 bridgehead atoms. The smallest absolute Gasteiger partial charge is 0.431 e. The number of alkyl halides is 3. The fourth-order valence-corrected chi connectivity index (χ4v) is 4.01. The van der Waals surface area contributed by atoms with Crippen LogP contribution in [0.3, 0.4) is 0 Å². The first-order chi connectivity index (χ1) is 17.0. The highest BCUT2D eigenvalue weighted by molar-refractivity contribution is 5.94. The molecule has 2 aromatic carbocycles. The first-order valence-electron chi connectivity index (χ1n) is 11.1. The number of aliphatic hydroxyl groups excluding tert-OH is 1. The van der Waals surface area contributed by atoms with Crippen molar-refractivity contribution >= 4 is 17.2 Å². The summed E-state index contributed by atoms with van der Waals surface area (Å²) < 4.78 is 59.8. The Labute approximate surface area is 204 Å². The number of hydrogen-bond acceptors (Lipinski definition) is 6. The summed E-state index contributed by atoms with van der Waals surface area (Å²) in [5.41, 5.74) is 1.46. The molecule has 0 saturated carbocycles. The van der Waals surface area contributed by atoms with Crippen LogP contribution < -0.4 is 9.75 Å². The van der Waals surface area contributed by atoms with Crippen LogP contribution in [0.2, 0.25) is 0 Å². The molecule has 36 heavy (non-hydrogen) atoms. The number of aliphatic hydroxyl groups is 1. The minimum atomic E-state index is -4.56. The standard InChI is InChI=1S/C26H23F4N3O3/c1-15-9-17(22-11-18(14-34)31-13-23(22)27)3-8-24(15)36-21-6-4-19(5-7-21)33-20(10-16(2)35)12-25(32-33)26(28,29)30/h3-9,11,13,20,34H,10,12,14H2,1-2H3. The molecule has 1 aliphatic rings. The fourth-order valence-electron chi connectivity index (χ4n) is 4.01. The molecule has 0 saturated heterocycles. The van der Waals surface area contributed by atoms with E-state index in [2.05, 4.69) is 10.1 Å². The molecule has 3 aromatic rings. The summed E-state index contributed by atoms with van der Waals surface area (Å²) >= 11 is 0. The van der Waals surface area contributed by atoms with E-state index >= 15 is 0 Å². The molecule has 188 valence electrons. The second-order valence-corrected chi connectivity index (χ2v) is 8.54. The number of Topliss-reactive ketones (excluding diaryl/α,β-unsaturated/α-hetero) is 1.